The lowest BCUT2D eigenvalue weighted by atomic mass is 10.2. The fourth-order valence-electron chi connectivity index (χ4n) is 2.42. The van der Waals surface area contributed by atoms with Gasteiger partial charge in [0.1, 0.15) is 15.7 Å². The predicted octanol–water partition coefficient (Wildman–Crippen LogP) is 5.90. The zero-order valence-electron chi connectivity index (χ0n) is 12.4. The van der Waals surface area contributed by atoms with Crippen molar-refractivity contribution < 1.29 is 14.3 Å². The lowest BCUT2D eigenvalue weighted by Crippen LogP contribution is -1.94. The van der Waals surface area contributed by atoms with Crippen LogP contribution in [-0.4, -0.2) is 16.1 Å². The second kappa shape index (κ2) is 5.77. The predicted molar refractivity (Wildman–Crippen MR) is 97.9 cm³/mol. The van der Waals surface area contributed by atoms with Crippen molar-refractivity contribution in [2.75, 3.05) is 0 Å². The van der Waals surface area contributed by atoms with Crippen LogP contribution in [0.5, 0.6) is 0 Å². The summed E-state index contributed by atoms with van der Waals surface area (Å²) in [4.78, 5) is 18.9. The van der Waals surface area contributed by atoms with E-state index in [1.54, 1.807) is 35.7 Å². The van der Waals surface area contributed by atoms with Crippen molar-refractivity contribution >= 4 is 50.1 Å². The van der Waals surface area contributed by atoms with Crippen molar-refractivity contribution in [3.05, 3.63) is 52.8 Å². The van der Waals surface area contributed by atoms with Gasteiger partial charge in [0, 0.05) is 14.5 Å². The van der Waals surface area contributed by atoms with Crippen LogP contribution in [0.3, 0.4) is 0 Å². The highest BCUT2D eigenvalue weighted by atomic mass is 32.1. The minimum absolute atomic E-state index is 0.238. The molecule has 0 aliphatic carbocycles. The number of hydrogen-bond acceptors (Lipinski definition) is 5. The smallest absolute Gasteiger partial charge is 0.347 e. The number of hydrogen-bond donors (Lipinski definition) is 1. The zero-order chi connectivity index (χ0) is 16.8. The van der Waals surface area contributed by atoms with Gasteiger partial charge in [0.2, 0.25) is 0 Å². The van der Waals surface area contributed by atoms with E-state index in [2.05, 4.69) is 4.98 Å². The average Bonchev–Trinajstić information content (AvgIpc) is 3.22. The molecule has 4 rings (SSSR count). The summed E-state index contributed by atoms with van der Waals surface area (Å²) in [6.45, 7) is 1.71. The highest BCUT2D eigenvalue weighted by Crippen LogP contribution is 2.41. The molecule has 0 aliphatic heterocycles. The molecule has 4 aromatic rings. The second-order valence-corrected chi connectivity index (χ2v) is 8.36. The molecule has 3 nitrogen and oxygen atoms in total. The first-order valence-electron chi connectivity index (χ1n) is 7.01. The minimum Gasteiger partial charge on any atom is -0.477 e. The first-order valence-corrected chi connectivity index (χ1v) is 9.46. The Hall–Kier alpha value is -2.09. The zero-order valence-corrected chi connectivity index (χ0v) is 14.8. The van der Waals surface area contributed by atoms with Crippen LogP contribution in [0, 0.1) is 12.7 Å². The van der Waals surface area contributed by atoms with Gasteiger partial charge in [0.15, 0.2) is 0 Å². The number of carboxylic acids is 1. The maximum atomic E-state index is 13.3. The molecule has 0 saturated heterocycles. The van der Waals surface area contributed by atoms with E-state index in [0.717, 1.165) is 24.7 Å². The number of thiophene rings is 2. The molecule has 3 heterocycles. The number of halogens is 1. The SMILES string of the molecule is Cc1nc(-c2ccc(-c3cc4cc(F)ccc4s3)s2)sc1C(=O)O. The van der Waals surface area contributed by atoms with E-state index < -0.39 is 5.97 Å². The van der Waals surface area contributed by atoms with Crippen LogP contribution in [0.1, 0.15) is 15.4 Å². The van der Waals surface area contributed by atoms with E-state index in [0.29, 0.717) is 10.7 Å². The van der Waals surface area contributed by atoms with Gasteiger partial charge in [-0.15, -0.1) is 34.0 Å². The van der Waals surface area contributed by atoms with E-state index in [9.17, 15) is 9.18 Å². The normalized spacial score (nSPS) is 11.2. The van der Waals surface area contributed by atoms with E-state index >= 15 is 0 Å². The molecule has 0 unspecified atom stereocenters. The molecule has 24 heavy (non-hydrogen) atoms. The number of aromatic carboxylic acids is 1. The number of fused-ring (bicyclic) bond motifs is 1. The Morgan fingerprint density at radius 3 is 2.58 bits per heavy atom. The maximum absolute atomic E-state index is 13.3. The molecule has 0 amide bonds. The number of nitrogens with zero attached hydrogens (tertiary/aromatic N) is 1. The van der Waals surface area contributed by atoms with E-state index in [1.807, 2.05) is 18.2 Å². The molecular weight excluding hydrogens is 365 g/mol. The van der Waals surface area contributed by atoms with Crippen LogP contribution >= 0.6 is 34.0 Å². The molecule has 3 aromatic heterocycles. The van der Waals surface area contributed by atoms with Gasteiger partial charge in [-0.25, -0.2) is 14.2 Å². The fourth-order valence-corrected chi connectivity index (χ4v) is 5.51. The number of aryl methyl sites for hydroxylation is 1. The van der Waals surface area contributed by atoms with E-state index in [-0.39, 0.29) is 10.7 Å². The van der Waals surface area contributed by atoms with Crippen LogP contribution < -0.4 is 0 Å². The van der Waals surface area contributed by atoms with Gasteiger partial charge in [0.05, 0.1) is 10.6 Å². The fraction of sp³-hybridized carbons (Fsp3) is 0.0588. The molecule has 0 radical (unpaired) electrons. The quantitative estimate of drug-likeness (QED) is 0.485. The Kier molecular flexibility index (Phi) is 3.71. The number of thiazole rings is 1. The Labute approximate surface area is 148 Å². The third-order valence-electron chi connectivity index (χ3n) is 3.53. The molecule has 1 aromatic carbocycles. The van der Waals surface area contributed by atoms with Crippen LogP contribution in [-0.2, 0) is 0 Å². The van der Waals surface area contributed by atoms with Gasteiger partial charge >= 0.3 is 5.97 Å². The lowest BCUT2D eigenvalue weighted by molar-refractivity contribution is 0.0701. The van der Waals surface area contributed by atoms with Crippen LogP contribution in [0.2, 0.25) is 0 Å². The minimum atomic E-state index is -0.945. The maximum Gasteiger partial charge on any atom is 0.347 e. The summed E-state index contributed by atoms with van der Waals surface area (Å²) in [7, 11) is 0. The molecule has 0 atom stereocenters. The van der Waals surface area contributed by atoms with Crippen LogP contribution in [0.15, 0.2) is 36.4 Å². The van der Waals surface area contributed by atoms with Crippen molar-refractivity contribution in [2.24, 2.45) is 0 Å². The monoisotopic (exact) mass is 375 g/mol. The molecule has 0 spiro atoms. The summed E-state index contributed by atoms with van der Waals surface area (Å²) >= 11 is 4.37. The van der Waals surface area contributed by atoms with Crippen molar-refractivity contribution in [3.63, 3.8) is 0 Å². The van der Waals surface area contributed by atoms with Gasteiger partial charge in [-0.1, -0.05) is 0 Å². The van der Waals surface area contributed by atoms with Crippen molar-refractivity contribution in [1.82, 2.24) is 4.98 Å². The van der Waals surface area contributed by atoms with Gasteiger partial charge in [-0.3, -0.25) is 0 Å². The third-order valence-corrected chi connectivity index (χ3v) is 7.24. The Balaban J connectivity index is 1.73. The number of carbonyl (C=O) groups is 1. The van der Waals surface area contributed by atoms with Crippen molar-refractivity contribution in [3.8, 4) is 19.6 Å². The molecule has 1 N–H and O–H groups in total. The summed E-state index contributed by atoms with van der Waals surface area (Å²) in [6.07, 6.45) is 0. The second-order valence-electron chi connectivity index (χ2n) is 5.20. The number of carboxylic acid groups (broad SMARTS) is 1. The molecule has 0 aliphatic rings. The average molecular weight is 375 g/mol. The summed E-state index contributed by atoms with van der Waals surface area (Å²) < 4.78 is 14.4. The molecule has 120 valence electrons. The molecule has 7 heteroatoms. The van der Waals surface area contributed by atoms with Gasteiger partial charge in [-0.05, 0) is 48.7 Å². The third kappa shape index (κ3) is 2.64. The standard InChI is InChI=1S/C17H10FNO2S3/c1-8-15(17(20)21)24-16(19-8)13-5-4-12(23-13)14-7-9-6-10(18)2-3-11(9)22-14/h2-7H,1H3,(H,20,21). The molecule has 0 saturated carbocycles. The first kappa shape index (κ1) is 15.4. The first-order chi connectivity index (χ1) is 11.5. The highest BCUT2D eigenvalue weighted by molar-refractivity contribution is 7.28. The number of benzene rings is 1. The summed E-state index contributed by atoms with van der Waals surface area (Å²) in [5.74, 6) is -1.18. The van der Waals surface area contributed by atoms with E-state index in [1.165, 1.54) is 23.5 Å². The van der Waals surface area contributed by atoms with Gasteiger partial charge < -0.3 is 5.11 Å². The van der Waals surface area contributed by atoms with Crippen molar-refractivity contribution in [1.29, 1.82) is 0 Å². The van der Waals surface area contributed by atoms with Gasteiger partial charge in [-0.2, -0.15) is 0 Å². The molecule has 0 fully saturated rings. The van der Waals surface area contributed by atoms with E-state index in [4.69, 9.17) is 5.11 Å². The largest absolute Gasteiger partial charge is 0.477 e. The topological polar surface area (TPSA) is 50.2 Å². The highest BCUT2D eigenvalue weighted by Gasteiger charge is 2.17. The van der Waals surface area contributed by atoms with Crippen LogP contribution in [0.25, 0.3) is 29.7 Å². The number of aromatic nitrogens is 1. The Morgan fingerprint density at radius 1 is 1.04 bits per heavy atom. The van der Waals surface area contributed by atoms with Crippen LogP contribution in [0.4, 0.5) is 4.39 Å². The summed E-state index contributed by atoms with van der Waals surface area (Å²) in [5.41, 5.74) is 0.537. The summed E-state index contributed by atoms with van der Waals surface area (Å²) in [5, 5.41) is 10.8. The summed E-state index contributed by atoms with van der Waals surface area (Å²) in [6, 6.07) is 10.7. The van der Waals surface area contributed by atoms with Gasteiger partial charge in [0.25, 0.3) is 0 Å². The Morgan fingerprint density at radius 2 is 1.83 bits per heavy atom. The Bertz CT molecular complexity index is 1080. The number of rotatable bonds is 3. The lowest BCUT2D eigenvalue weighted by Gasteiger charge is -1.89. The molecular formula is C17H10FNO2S3. The van der Waals surface area contributed by atoms with Crippen molar-refractivity contribution in [2.45, 2.75) is 6.92 Å². The molecule has 0 bridgehead atoms.